The van der Waals surface area contributed by atoms with Gasteiger partial charge in [-0.15, -0.1) is 11.3 Å². The summed E-state index contributed by atoms with van der Waals surface area (Å²) in [4.78, 5) is 27.1. The Morgan fingerprint density at radius 1 is 1.44 bits per heavy atom. The number of nitrogens with zero attached hydrogens (tertiary/aromatic N) is 2. The first-order valence-corrected chi connectivity index (χ1v) is 9.71. The third-order valence-corrected chi connectivity index (χ3v) is 6.17. The second kappa shape index (κ2) is 6.69. The molecule has 25 heavy (non-hydrogen) atoms. The predicted molar refractivity (Wildman–Crippen MR) is 99.7 cm³/mol. The highest BCUT2D eigenvalue weighted by Gasteiger charge is 2.24. The van der Waals surface area contributed by atoms with Crippen LogP contribution < -0.4 is 10.9 Å². The van der Waals surface area contributed by atoms with Gasteiger partial charge in [-0.2, -0.15) is 0 Å². The fourth-order valence-electron chi connectivity index (χ4n) is 3.51. The van der Waals surface area contributed by atoms with Gasteiger partial charge in [-0.05, 0) is 49.8 Å². The highest BCUT2D eigenvalue weighted by atomic mass is 32.1. The number of fused-ring (bicyclic) bond motifs is 3. The van der Waals surface area contributed by atoms with Crippen LogP contribution >= 0.6 is 11.3 Å². The number of pyridine rings is 1. The van der Waals surface area contributed by atoms with Crippen LogP contribution in [0.3, 0.4) is 0 Å². The number of nitrogens with two attached hydrogens (primary N) is 1. The van der Waals surface area contributed by atoms with Crippen LogP contribution in [-0.4, -0.2) is 15.0 Å². The van der Waals surface area contributed by atoms with Crippen molar-refractivity contribution >= 4 is 21.6 Å². The maximum atomic E-state index is 12.7. The molecular weight excluding hydrogens is 332 g/mol. The molecule has 130 valence electrons. The van der Waals surface area contributed by atoms with Gasteiger partial charge in [0.15, 0.2) is 5.82 Å². The minimum atomic E-state index is 0.0186. The van der Waals surface area contributed by atoms with Gasteiger partial charge in [-0.3, -0.25) is 9.78 Å². The fraction of sp³-hybridized carbons (Fsp3) is 0.421. The second-order valence-corrected chi connectivity index (χ2v) is 8.12. The maximum absolute atomic E-state index is 12.7. The highest BCUT2D eigenvalue weighted by Crippen LogP contribution is 2.35. The SMILES string of the molecule is C[C@H]1CCc2c(sc3nc([C@@H](C)[NH2+]Cc4ccccn4)[nH]c(=O)c23)C1. The van der Waals surface area contributed by atoms with Crippen molar-refractivity contribution in [3.05, 3.63) is 56.7 Å². The first-order chi connectivity index (χ1) is 12.1. The van der Waals surface area contributed by atoms with Gasteiger partial charge >= 0.3 is 0 Å². The number of quaternary nitrogens is 1. The van der Waals surface area contributed by atoms with Gasteiger partial charge < -0.3 is 10.3 Å². The molecule has 3 aromatic rings. The number of aryl methyl sites for hydroxylation is 1. The Morgan fingerprint density at radius 3 is 3.12 bits per heavy atom. The molecule has 0 unspecified atom stereocenters. The number of hydrogen-bond acceptors (Lipinski definition) is 4. The number of aromatic nitrogens is 3. The zero-order valence-electron chi connectivity index (χ0n) is 14.6. The zero-order chi connectivity index (χ0) is 17.4. The quantitative estimate of drug-likeness (QED) is 0.754. The van der Waals surface area contributed by atoms with Crippen molar-refractivity contribution in [1.29, 1.82) is 0 Å². The van der Waals surface area contributed by atoms with Crippen molar-refractivity contribution < 1.29 is 5.32 Å². The molecule has 1 aliphatic rings. The molecule has 0 aromatic carbocycles. The molecule has 3 N–H and O–H groups in total. The summed E-state index contributed by atoms with van der Waals surface area (Å²) >= 11 is 1.71. The molecule has 0 fully saturated rings. The van der Waals surface area contributed by atoms with Crippen molar-refractivity contribution in [3.8, 4) is 0 Å². The van der Waals surface area contributed by atoms with Crippen LogP contribution in [0.15, 0.2) is 29.2 Å². The van der Waals surface area contributed by atoms with Crippen molar-refractivity contribution in [2.45, 2.75) is 45.7 Å². The zero-order valence-corrected chi connectivity index (χ0v) is 15.4. The summed E-state index contributed by atoms with van der Waals surface area (Å²) in [7, 11) is 0. The Labute approximate surface area is 150 Å². The molecule has 5 nitrogen and oxygen atoms in total. The summed E-state index contributed by atoms with van der Waals surface area (Å²) in [6, 6.07) is 6.00. The van der Waals surface area contributed by atoms with Gasteiger partial charge in [-0.1, -0.05) is 13.0 Å². The Bertz CT molecular complexity index is 947. The third-order valence-electron chi connectivity index (χ3n) is 5.02. The van der Waals surface area contributed by atoms with Crippen LogP contribution in [0.5, 0.6) is 0 Å². The topological polar surface area (TPSA) is 75.2 Å². The fourth-order valence-corrected chi connectivity index (χ4v) is 4.90. The van der Waals surface area contributed by atoms with E-state index >= 15 is 0 Å². The Morgan fingerprint density at radius 2 is 2.32 bits per heavy atom. The van der Waals surface area contributed by atoms with Gasteiger partial charge in [0.1, 0.15) is 17.4 Å². The van der Waals surface area contributed by atoms with Gasteiger partial charge in [-0.25, -0.2) is 4.98 Å². The molecule has 0 saturated heterocycles. The van der Waals surface area contributed by atoms with E-state index in [9.17, 15) is 4.79 Å². The predicted octanol–water partition coefficient (Wildman–Crippen LogP) is 2.33. The van der Waals surface area contributed by atoms with E-state index in [1.54, 1.807) is 17.5 Å². The molecule has 0 spiro atoms. The summed E-state index contributed by atoms with van der Waals surface area (Å²) in [6.07, 6.45) is 5.04. The summed E-state index contributed by atoms with van der Waals surface area (Å²) in [5.74, 6) is 1.45. The molecule has 0 bridgehead atoms. The first kappa shape index (κ1) is 16.4. The molecule has 2 atom stereocenters. The molecule has 0 saturated carbocycles. The summed E-state index contributed by atoms with van der Waals surface area (Å²) < 4.78 is 0. The number of aromatic amines is 1. The van der Waals surface area contributed by atoms with Gasteiger partial charge in [0, 0.05) is 11.1 Å². The summed E-state index contributed by atoms with van der Waals surface area (Å²) in [6.45, 7) is 5.12. The van der Waals surface area contributed by atoms with E-state index in [0.717, 1.165) is 47.5 Å². The van der Waals surface area contributed by atoms with Crippen LogP contribution in [0.1, 0.15) is 48.3 Å². The van der Waals surface area contributed by atoms with E-state index in [1.807, 2.05) is 18.2 Å². The van der Waals surface area contributed by atoms with E-state index in [-0.39, 0.29) is 11.6 Å². The molecule has 3 aromatic heterocycles. The molecule has 6 heteroatoms. The molecule has 1 aliphatic carbocycles. The number of nitrogens with one attached hydrogen (secondary N) is 1. The molecule has 0 aliphatic heterocycles. The molecule has 0 radical (unpaired) electrons. The monoisotopic (exact) mass is 355 g/mol. The van der Waals surface area contributed by atoms with Crippen LogP contribution in [-0.2, 0) is 19.4 Å². The highest BCUT2D eigenvalue weighted by molar-refractivity contribution is 7.18. The smallest absolute Gasteiger partial charge is 0.260 e. The number of H-pyrrole nitrogens is 1. The largest absolute Gasteiger partial charge is 0.333 e. The van der Waals surface area contributed by atoms with Crippen LogP contribution in [0.2, 0.25) is 0 Å². The standard InChI is InChI=1S/C19H22N4OS/c1-11-6-7-14-15(9-11)25-19-16(14)18(24)22-17(23-19)12(2)21-10-13-5-3-4-8-20-13/h3-5,8,11-12,21H,6-7,9-10H2,1-2H3,(H,22,23,24)/p+1/t11-,12+/m0/s1. The van der Waals surface area contributed by atoms with E-state index in [0.29, 0.717) is 5.92 Å². The second-order valence-electron chi connectivity index (χ2n) is 7.03. The average Bonchev–Trinajstić information content (AvgIpc) is 2.98. The van der Waals surface area contributed by atoms with E-state index in [2.05, 4.69) is 29.1 Å². The lowest BCUT2D eigenvalue weighted by Gasteiger charge is -2.17. The van der Waals surface area contributed by atoms with E-state index in [1.165, 1.54) is 10.4 Å². The van der Waals surface area contributed by atoms with Crippen molar-refractivity contribution in [3.63, 3.8) is 0 Å². The van der Waals surface area contributed by atoms with Crippen LogP contribution in [0.4, 0.5) is 0 Å². The van der Waals surface area contributed by atoms with Crippen LogP contribution in [0, 0.1) is 5.92 Å². The van der Waals surface area contributed by atoms with Gasteiger partial charge in [0.05, 0.1) is 11.1 Å². The van der Waals surface area contributed by atoms with Gasteiger partial charge in [0.25, 0.3) is 5.56 Å². The molecule has 0 amide bonds. The normalized spacial score (nSPS) is 18.2. The molecular formula is C19H23N4OS+. The van der Waals surface area contributed by atoms with E-state index < -0.39 is 0 Å². The third kappa shape index (κ3) is 3.24. The number of thiophene rings is 1. The Kier molecular flexibility index (Phi) is 4.39. The first-order valence-electron chi connectivity index (χ1n) is 8.89. The number of hydrogen-bond donors (Lipinski definition) is 2. The minimum absolute atomic E-state index is 0.0186. The maximum Gasteiger partial charge on any atom is 0.260 e. The lowest BCUT2D eigenvalue weighted by atomic mass is 9.89. The minimum Gasteiger partial charge on any atom is -0.333 e. The van der Waals surface area contributed by atoms with Crippen LogP contribution in [0.25, 0.3) is 10.2 Å². The van der Waals surface area contributed by atoms with Crippen molar-refractivity contribution in [2.75, 3.05) is 0 Å². The Balaban J connectivity index is 1.61. The lowest BCUT2D eigenvalue weighted by molar-refractivity contribution is -0.709. The molecule has 3 heterocycles. The number of rotatable bonds is 4. The average molecular weight is 355 g/mol. The van der Waals surface area contributed by atoms with Crippen molar-refractivity contribution in [1.82, 2.24) is 15.0 Å². The van der Waals surface area contributed by atoms with E-state index in [4.69, 9.17) is 4.98 Å². The van der Waals surface area contributed by atoms with Gasteiger partial charge in [0.2, 0.25) is 0 Å². The summed E-state index contributed by atoms with van der Waals surface area (Å²) in [5, 5.41) is 2.98. The lowest BCUT2D eigenvalue weighted by Crippen LogP contribution is -2.83. The summed E-state index contributed by atoms with van der Waals surface area (Å²) in [5.41, 5.74) is 2.28. The van der Waals surface area contributed by atoms with Crippen molar-refractivity contribution in [2.24, 2.45) is 5.92 Å². The molecule has 4 rings (SSSR count). The Hall–Kier alpha value is -2.05.